The van der Waals surface area contributed by atoms with Crippen molar-refractivity contribution in [1.82, 2.24) is 10.3 Å². The van der Waals surface area contributed by atoms with Crippen molar-refractivity contribution in [2.24, 2.45) is 0 Å². The number of hydrazine groups is 1. The van der Waals surface area contributed by atoms with Gasteiger partial charge in [0.15, 0.2) is 6.10 Å². The predicted molar refractivity (Wildman–Crippen MR) is 91.2 cm³/mol. The Kier molecular flexibility index (Phi) is 5.98. The van der Waals surface area contributed by atoms with Gasteiger partial charge in [0.25, 0.3) is 15.9 Å². The molecular formula is C16H14ClN3O4S. The van der Waals surface area contributed by atoms with Crippen LogP contribution in [0, 0.1) is 11.3 Å². The van der Waals surface area contributed by atoms with Crippen LogP contribution in [0.2, 0.25) is 5.02 Å². The molecule has 9 heteroatoms. The number of carbonyl (C=O) groups is 1. The van der Waals surface area contributed by atoms with Gasteiger partial charge in [0, 0.05) is 0 Å². The minimum absolute atomic E-state index is 0.0335. The average molecular weight is 380 g/mol. The number of hydrogen-bond donors (Lipinski definition) is 2. The Morgan fingerprint density at radius 1 is 1.20 bits per heavy atom. The monoisotopic (exact) mass is 379 g/mol. The highest BCUT2D eigenvalue weighted by molar-refractivity contribution is 7.89. The molecule has 0 saturated heterocycles. The van der Waals surface area contributed by atoms with Gasteiger partial charge in [0.1, 0.15) is 10.6 Å². The molecule has 7 nitrogen and oxygen atoms in total. The van der Waals surface area contributed by atoms with Crippen LogP contribution < -0.4 is 15.0 Å². The Morgan fingerprint density at radius 2 is 1.84 bits per heavy atom. The average Bonchev–Trinajstić information content (AvgIpc) is 2.60. The molecule has 130 valence electrons. The van der Waals surface area contributed by atoms with Crippen LogP contribution in [0.3, 0.4) is 0 Å². The number of nitrogens with zero attached hydrogens (tertiary/aromatic N) is 1. The molecule has 2 rings (SSSR count). The Bertz CT molecular complexity index is 908. The second-order valence-corrected chi connectivity index (χ2v) is 6.98. The lowest BCUT2D eigenvalue weighted by molar-refractivity contribution is -0.127. The van der Waals surface area contributed by atoms with Crippen LogP contribution >= 0.6 is 11.6 Å². The topological polar surface area (TPSA) is 108 Å². The van der Waals surface area contributed by atoms with E-state index in [4.69, 9.17) is 21.6 Å². The molecule has 0 heterocycles. The van der Waals surface area contributed by atoms with Crippen molar-refractivity contribution in [3.8, 4) is 11.8 Å². The van der Waals surface area contributed by atoms with Gasteiger partial charge in [-0.2, -0.15) is 5.26 Å². The fourth-order valence-corrected chi connectivity index (χ4v) is 3.17. The Balaban J connectivity index is 1.97. The SMILES string of the molecule is C[C@@H](Oc1ccc(C#N)cc1)C(=O)NNS(=O)(=O)c1ccccc1Cl. The maximum Gasteiger partial charge on any atom is 0.275 e. The molecule has 0 aliphatic heterocycles. The van der Waals surface area contributed by atoms with E-state index in [-0.39, 0.29) is 9.92 Å². The summed E-state index contributed by atoms with van der Waals surface area (Å²) in [7, 11) is -4.01. The van der Waals surface area contributed by atoms with Gasteiger partial charge in [-0.3, -0.25) is 10.2 Å². The van der Waals surface area contributed by atoms with Crippen molar-refractivity contribution in [1.29, 1.82) is 5.26 Å². The molecule has 2 aromatic rings. The van der Waals surface area contributed by atoms with E-state index >= 15 is 0 Å². The first-order valence-electron chi connectivity index (χ1n) is 7.06. The number of amides is 1. The first-order valence-corrected chi connectivity index (χ1v) is 8.92. The molecule has 0 aromatic heterocycles. The molecule has 0 aliphatic rings. The van der Waals surface area contributed by atoms with Crippen molar-refractivity contribution < 1.29 is 17.9 Å². The third-order valence-corrected chi connectivity index (χ3v) is 4.85. The summed E-state index contributed by atoms with van der Waals surface area (Å²) >= 11 is 5.84. The molecule has 1 atom stereocenters. The van der Waals surface area contributed by atoms with Gasteiger partial charge in [0.05, 0.1) is 16.7 Å². The largest absolute Gasteiger partial charge is 0.481 e. The number of benzene rings is 2. The Morgan fingerprint density at radius 3 is 2.44 bits per heavy atom. The summed E-state index contributed by atoms with van der Waals surface area (Å²) in [6.07, 6.45) is -0.970. The maximum absolute atomic E-state index is 12.1. The number of halogens is 1. The normalized spacial score (nSPS) is 12.0. The van der Waals surface area contributed by atoms with Crippen molar-refractivity contribution >= 4 is 27.5 Å². The zero-order valence-corrected chi connectivity index (χ0v) is 14.6. The molecule has 2 N–H and O–H groups in total. The fourth-order valence-electron chi connectivity index (χ4n) is 1.80. The third kappa shape index (κ3) is 4.93. The summed E-state index contributed by atoms with van der Waals surface area (Å²) < 4.78 is 29.6. The lowest BCUT2D eigenvalue weighted by Crippen LogP contribution is -2.47. The Hall–Kier alpha value is -2.60. The molecule has 0 bridgehead atoms. The summed E-state index contributed by atoms with van der Waals surface area (Å²) in [5, 5.41) is 8.76. The van der Waals surface area contributed by atoms with Gasteiger partial charge in [-0.15, -0.1) is 4.83 Å². The van der Waals surface area contributed by atoms with E-state index in [1.54, 1.807) is 18.2 Å². The minimum atomic E-state index is -4.01. The molecule has 0 unspecified atom stereocenters. The minimum Gasteiger partial charge on any atom is -0.481 e. The molecule has 0 aliphatic carbocycles. The van der Waals surface area contributed by atoms with E-state index in [1.165, 1.54) is 37.3 Å². The molecule has 2 aromatic carbocycles. The standard InChI is InChI=1S/C16H14ClN3O4S/c1-11(24-13-8-6-12(10-18)7-9-13)16(21)19-20-25(22,23)15-5-3-2-4-14(15)17/h2-9,11,20H,1H3,(H,19,21)/t11-/m1/s1. The molecule has 0 radical (unpaired) electrons. The van der Waals surface area contributed by atoms with Crippen LogP contribution in [0.5, 0.6) is 5.75 Å². The first kappa shape index (κ1) is 18.7. The molecule has 0 spiro atoms. The maximum atomic E-state index is 12.1. The first-order chi connectivity index (χ1) is 11.8. The van der Waals surface area contributed by atoms with Gasteiger partial charge in [-0.25, -0.2) is 8.42 Å². The van der Waals surface area contributed by atoms with Crippen molar-refractivity contribution in [2.45, 2.75) is 17.9 Å². The van der Waals surface area contributed by atoms with Crippen LogP contribution in [-0.4, -0.2) is 20.4 Å². The molecule has 0 saturated carbocycles. The van der Waals surface area contributed by atoms with Crippen LogP contribution in [0.4, 0.5) is 0 Å². The molecule has 1 amide bonds. The smallest absolute Gasteiger partial charge is 0.275 e. The zero-order chi connectivity index (χ0) is 18.4. The van der Waals surface area contributed by atoms with Crippen molar-refractivity contribution in [3.63, 3.8) is 0 Å². The summed E-state index contributed by atoms with van der Waals surface area (Å²) in [5.41, 5.74) is 2.53. The number of nitriles is 1. The quantitative estimate of drug-likeness (QED) is 0.746. The summed E-state index contributed by atoms with van der Waals surface area (Å²) in [6.45, 7) is 1.46. The van der Waals surface area contributed by atoms with Gasteiger partial charge in [-0.1, -0.05) is 23.7 Å². The van der Waals surface area contributed by atoms with E-state index in [0.29, 0.717) is 11.3 Å². The number of carbonyl (C=O) groups excluding carboxylic acids is 1. The van der Waals surface area contributed by atoms with Crippen LogP contribution in [-0.2, 0) is 14.8 Å². The van der Waals surface area contributed by atoms with E-state index in [1.807, 2.05) is 10.9 Å². The van der Waals surface area contributed by atoms with Gasteiger partial charge < -0.3 is 4.74 Å². The van der Waals surface area contributed by atoms with E-state index < -0.39 is 22.0 Å². The highest BCUT2D eigenvalue weighted by atomic mass is 35.5. The van der Waals surface area contributed by atoms with Crippen LogP contribution in [0.15, 0.2) is 53.4 Å². The Labute approximate surface area is 150 Å². The van der Waals surface area contributed by atoms with Gasteiger partial charge >= 0.3 is 0 Å². The molecule has 0 fully saturated rings. The summed E-state index contributed by atoms with van der Waals surface area (Å²) in [6, 6.07) is 14.0. The highest BCUT2D eigenvalue weighted by Gasteiger charge is 2.21. The van der Waals surface area contributed by atoms with Crippen molar-refractivity contribution in [3.05, 3.63) is 59.1 Å². The second-order valence-electron chi connectivity index (χ2n) is 4.92. The zero-order valence-electron chi connectivity index (χ0n) is 13.1. The second kappa shape index (κ2) is 7.98. The number of ether oxygens (including phenoxy) is 1. The van der Waals surface area contributed by atoms with Crippen LogP contribution in [0.25, 0.3) is 0 Å². The van der Waals surface area contributed by atoms with E-state index in [0.717, 1.165) is 0 Å². The third-order valence-electron chi connectivity index (χ3n) is 3.10. The van der Waals surface area contributed by atoms with Crippen molar-refractivity contribution in [2.75, 3.05) is 0 Å². The molecule has 25 heavy (non-hydrogen) atoms. The lowest BCUT2D eigenvalue weighted by Gasteiger charge is -2.15. The highest BCUT2D eigenvalue weighted by Crippen LogP contribution is 2.19. The van der Waals surface area contributed by atoms with Gasteiger partial charge in [-0.05, 0) is 43.3 Å². The number of hydrogen-bond acceptors (Lipinski definition) is 5. The van der Waals surface area contributed by atoms with E-state index in [9.17, 15) is 13.2 Å². The fraction of sp³-hybridized carbons (Fsp3) is 0.125. The van der Waals surface area contributed by atoms with Gasteiger partial charge in [0.2, 0.25) is 0 Å². The van der Waals surface area contributed by atoms with Crippen LogP contribution in [0.1, 0.15) is 12.5 Å². The van der Waals surface area contributed by atoms with E-state index in [2.05, 4.69) is 5.43 Å². The number of sulfonamides is 1. The number of nitrogens with one attached hydrogen (secondary N) is 2. The predicted octanol–water partition coefficient (Wildman–Crippen LogP) is 1.99. The summed E-state index contributed by atoms with van der Waals surface area (Å²) in [4.78, 5) is 13.8. The lowest BCUT2D eigenvalue weighted by atomic mass is 10.2. The molecular weight excluding hydrogens is 366 g/mol. The summed E-state index contributed by atoms with van der Waals surface area (Å²) in [5.74, 6) is -0.324. The number of rotatable bonds is 6.